The van der Waals surface area contributed by atoms with Gasteiger partial charge >= 0.3 is 0 Å². The monoisotopic (exact) mass is 208 g/mol. The summed E-state index contributed by atoms with van der Waals surface area (Å²) in [5.41, 5.74) is 5.50. The lowest BCUT2D eigenvalue weighted by molar-refractivity contribution is 0.298. The highest BCUT2D eigenvalue weighted by Gasteiger charge is 2.26. The highest BCUT2D eigenvalue weighted by atomic mass is 35.5. The Morgan fingerprint density at radius 1 is 1.25 bits per heavy atom. The second kappa shape index (κ2) is 5.22. The Morgan fingerprint density at radius 2 is 1.75 bits per heavy atom. The molecular weight excluding hydrogens is 188 g/mol. The van der Waals surface area contributed by atoms with Crippen LogP contribution in [0.1, 0.15) is 0 Å². The van der Waals surface area contributed by atoms with Crippen molar-refractivity contribution in [3.05, 3.63) is 0 Å². The van der Waals surface area contributed by atoms with Crippen LogP contribution in [0.4, 0.5) is 0 Å². The quantitative estimate of drug-likeness (QED) is 0.696. The Kier molecular flexibility index (Phi) is 5.41. The van der Waals surface area contributed by atoms with Gasteiger partial charge in [0, 0.05) is 21.2 Å². The third-order valence-corrected chi connectivity index (χ3v) is 5.81. The summed E-state index contributed by atoms with van der Waals surface area (Å²) in [5, 5.41) is 0. The zero-order valence-electron chi connectivity index (χ0n) is 8.18. The number of hydrogen-bond acceptors (Lipinski definition) is 2. The van der Waals surface area contributed by atoms with Crippen LogP contribution in [0.25, 0.3) is 0 Å². The van der Waals surface area contributed by atoms with Crippen molar-refractivity contribution in [3.63, 3.8) is 0 Å². The van der Waals surface area contributed by atoms with Crippen LogP contribution < -0.4 is 5.73 Å². The molecule has 0 spiro atoms. The zero-order valence-corrected chi connectivity index (χ0v) is 9.99. The third-order valence-electron chi connectivity index (χ3n) is 2.65. The molecule has 0 saturated carbocycles. The molecule has 0 aliphatic carbocycles. The molecule has 0 aromatic carbocycles. The largest absolute Gasteiger partial charge is 0.329 e. The first-order chi connectivity index (χ1) is 5.14. The molecular formula is C8H21ClN2Si. The number of rotatable bonds is 2. The molecule has 2 N–H and O–H groups in total. The van der Waals surface area contributed by atoms with Crippen LogP contribution in [0.15, 0.2) is 0 Å². The maximum absolute atomic E-state index is 5.50. The predicted molar refractivity (Wildman–Crippen MR) is 59.8 cm³/mol. The van der Waals surface area contributed by atoms with Crippen molar-refractivity contribution in [1.29, 1.82) is 0 Å². The number of nitrogens with zero attached hydrogens (tertiary/aromatic N) is 1. The van der Waals surface area contributed by atoms with E-state index in [-0.39, 0.29) is 12.4 Å². The lowest BCUT2D eigenvalue weighted by Gasteiger charge is -2.35. The third kappa shape index (κ3) is 3.89. The fraction of sp³-hybridized carbons (Fsp3) is 1.00. The van der Waals surface area contributed by atoms with Gasteiger partial charge in [-0.25, -0.2) is 0 Å². The van der Waals surface area contributed by atoms with Gasteiger partial charge < -0.3 is 10.6 Å². The fourth-order valence-electron chi connectivity index (χ4n) is 1.56. The Morgan fingerprint density at radius 3 is 2.17 bits per heavy atom. The molecule has 1 heterocycles. The summed E-state index contributed by atoms with van der Waals surface area (Å²) < 4.78 is 0. The van der Waals surface area contributed by atoms with Gasteiger partial charge in [-0.2, -0.15) is 0 Å². The van der Waals surface area contributed by atoms with E-state index in [9.17, 15) is 0 Å². The van der Waals surface area contributed by atoms with Gasteiger partial charge in [-0.3, -0.25) is 0 Å². The van der Waals surface area contributed by atoms with Crippen LogP contribution in [0, 0.1) is 0 Å². The molecule has 74 valence electrons. The molecule has 1 aliphatic heterocycles. The van der Waals surface area contributed by atoms with Gasteiger partial charge in [-0.1, -0.05) is 13.1 Å². The lowest BCUT2D eigenvalue weighted by atomic mass is 10.4. The fourth-order valence-corrected chi connectivity index (χ4v) is 3.66. The summed E-state index contributed by atoms with van der Waals surface area (Å²) in [6.45, 7) is 9.51. The minimum absolute atomic E-state index is 0. The second-order valence-electron chi connectivity index (χ2n) is 4.29. The van der Waals surface area contributed by atoms with Crippen LogP contribution >= 0.6 is 12.4 Å². The van der Waals surface area contributed by atoms with E-state index < -0.39 is 8.07 Å². The van der Waals surface area contributed by atoms with Gasteiger partial charge in [-0.05, 0) is 25.2 Å². The normalized spacial score (nSPS) is 23.2. The van der Waals surface area contributed by atoms with Gasteiger partial charge in [0.15, 0.2) is 0 Å². The Labute approximate surface area is 82.9 Å². The lowest BCUT2D eigenvalue weighted by Crippen LogP contribution is -2.44. The first-order valence-electron chi connectivity index (χ1n) is 4.56. The summed E-state index contributed by atoms with van der Waals surface area (Å²) >= 11 is 0. The van der Waals surface area contributed by atoms with E-state index in [0.717, 1.165) is 13.1 Å². The number of halogens is 1. The summed E-state index contributed by atoms with van der Waals surface area (Å²) in [4.78, 5) is 2.50. The minimum Gasteiger partial charge on any atom is -0.329 e. The molecule has 1 saturated heterocycles. The van der Waals surface area contributed by atoms with E-state index in [1.54, 1.807) is 0 Å². The van der Waals surface area contributed by atoms with Gasteiger partial charge in [-0.15, -0.1) is 12.4 Å². The van der Waals surface area contributed by atoms with E-state index >= 15 is 0 Å². The van der Waals surface area contributed by atoms with Crippen molar-refractivity contribution >= 4 is 20.5 Å². The topological polar surface area (TPSA) is 29.3 Å². The van der Waals surface area contributed by atoms with Crippen LogP contribution in [0.5, 0.6) is 0 Å². The first-order valence-corrected chi connectivity index (χ1v) is 7.98. The summed E-state index contributed by atoms with van der Waals surface area (Å²) in [7, 11) is -0.744. The molecule has 0 amide bonds. The molecule has 1 rings (SSSR count). The second-order valence-corrected chi connectivity index (χ2v) is 9.62. The molecule has 0 aromatic heterocycles. The highest BCUT2D eigenvalue weighted by molar-refractivity contribution is 6.77. The molecule has 0 atom stereocenters. The van der Waals surface area contributed by atoms with Crippen LogP contribution in [0.3, 0.4) is 0 Å². The Balaban J connectivity index is 0.00000121. The molecule has 1 fully saturated rings. The summed E-state index contributed by atoms with van der Waals surface area (Å²) in [5.74, 6) is 0. The molecule has 12 heavy (non-hydrogen) atoms. The Hall–Kier alpha value is 0.427. The van der Waals surface area contributed by atoms with Crippen LogP contribution in [0.2, 0.25) is 25.2 Å². The molecule has 0 bridgehead atoms. The van der Waals surface area contributed by atoms with Gasteiger partial charge in [0.05, 0.1) is 0 Å². The molecule has 0 radical (unpaired) electrons. The number of hydrogen-bond donors (Lipinski definition) is 1. The van der Waals surface area contributed by atoms with Crippen molar-refractivity contribution in [2.75, 3.05) is 26.2 Å². The molecule has 0 aromatic rings. The van der Waals surface area contributed by atoms with E-state index in [4.69, 9.17) is 5.73 Å². The van der Waals surface area contributed by atoms with Crippen molar-refractivity contribution in [1.82, 2.24) is 4.90 Å². The van der Waals surface area contributed by atoms with Crippen molar-refractivity contribution in [2.24, 2.45) is 5.73 Å². The van der Waals surface area contributed by atoms with Crippen molar-refractivity contribution in [2.45, 2.75) is 25.2 Å². The van der Waals surface area contributed by atoms with Crippen LogP contribution in [-0.4, -0.2) is 39.2 Å². The average molecular weight is 209 g/mol. The predicted octanol–water partition coefficient (Wildman–Crippen LogP) is 1.39. The van der Waals surface area contributed by atoms with E-state index in [0.29, 0.717) is 0 Å². The van der Waals surface area contributed by atoms with Gasteiger partial charge in [0.25, 0.3) is 0 Å². The van der Waals surface area contributed by atoms with E-state index in [1.807, 2.05) is 0 Å². The summed E-state index contributed by atoms with van der Waals surface area (Å²) in [6.07, 6.45) is 0. The number of nitrogens with two attached hydrogens (primary N) is 1. The maximum atomic E-state index is 5.50. The SMILES string of the molecule is C[Si]1(C)CCN(CCN)CC1.Cl. The smallest absolute Gasteiger partial charge is 0.0498 e. The molecule has 4 heteroatoms. The molecule has 2 nitrogen and oxygen atoms in total. The maximum Gasteiger partial charge on any atom is 0.0498 e. The Bertz CT molecular complexity index is 120. The van der Waals surface area contributed by atoms with E-state index in [2.05, 4.69) is 18.0 Å². The van der Waals surface area contributed by atoms with Gasteiger partial charge in [0.1, 0.15) is 0 Å². The zero-order chi connectivity index (χ0) is 8.32. The summed E-state index contributed by atoms with van der Waals surface area (Å²) in [6, 6.07) is 2.93. The van der Waals surface area contributed by atoms with E-state index in [1.165, 1.54) is 25.2 Å². The van der Waals surface area contributed by atoms with Crippen LogP contribution in [-0.2, 0) is 0 Å². The van der Waals surface area contributed by atoms with Crippen molar-refractivity contribution in [3.8, 4) is 0 Å². The molecule has 1 aliphatic rings. The highest BCUT2D eigenvalue weighted by Crippen LogP contribution is 2.20. The van der Waals surface area contributed by atoms with Crippen molar-refractivity contribution < 1.29 is 0 Å². The molecule has 0 unspecified atom stereocenters. The standard InChI is InChI=1S/C8H20N2Si.ClH/c1-11(2)7-5-10(4-3-9)6-8-11;/h3-9H2,1-2H3;1H. The average Bonchev–Trinajstić information content (AvgIpc) is 1.94. The van der Waals surface area contributed by atoms with Gasteiger partial charge in [0.2, 0.25) is 0 Å². The minimum atomic E-state index is -0.744. The first kappa shape index (κ1) is 12.4.